The summed E-state index contributed by atoms with van der Waals surface area (Å²) in [5.41, 5.74) is 3.35. The van der Waals surface area contributed by atoms with E-state index in [1.54, 1.807) is 31.2 Å². The average molecular weight is 366 g/mol. The van der Waals surface area contributed by atoms with Gasteiger partial charge in [-0.15, -0.1) is 10.2 Å². The minimum absolute atomic E-state index is 0.164. The van der Waals surface area contributed by atoms with Crippen molar-refractivity contribution in [1.29, 1.82) is 0 Å². The highest BCUT2D eigenvalue weighted by molar-refractivity contribution is 7.13. The SMILES string of the molecule is Cc1ccc(CNC(=O)c2ccc(NC(=O)c3nnc(C)s3)cc2)cc1. The van der Waals surface area contributed by atoms with E-state index in [-0.39, 0.29) is 11.8 Å². The van der Waals surface area contributed by atoms with E-state index in [4.69, 9.17) is 0 Å². The number of hydrogen-bond acceptors (Lipinski definition) is 5. The number of benzene rings is 2. The lowest BCUT2D eigenvalue weighted by atomic mass is 10.1. The maximum absolute atomic E-state index is 12.2. The second-order valence-electron chi connectivity index (χ2n) is 5.83. The van der Waals surface area contributed by atoms with Crippen LogP contribution in [-0.2, 0) is 6.54 Å². The summed E-state index contributed by atoms with van der Waals surface area (Å²) in [6.07, 6.45) is 0. The number of carbonyl (C=O) groups excluding carboxylic acids is 2. The molecule has 0 aliphatic carbocycles. The highest BCUT2D eigenvalue weighted by Gasteiger charge is 2.12. The molecule has 0 atom stereocenters. The number of rotatable bonds is 5. The lowest BCUT2D eigenvalue weighted by Crippen LogP contribution is -2.22. The molecular formula is C19H18N4O2S. The van der Waals surface area contributed by atoms with Gasteiger partial charge in [0.05, 0.1) is 0 Å². The zero-order valence-electron chi connectivity index (χ0n) is 14.4. The van der Waals surface area contributed by atoms with Gasteiger partial charge in [0.15, 0.2) is 0 Å². The van der Waals surface area contributed by atoms with Gasteiger partial charge in [-0.05, 0) is 43.7 Å². The first-order valence-corrected chi connectivity index (χ1v) is 8.88. The summed E-state index contributed by atoms with van der Waals surface area (Å²) in [5, 5.41) is 14.3. The summed E-state index contributed by atoms with van der Waals surface area (Å²) in [5.74, 6) is -0.477. The molecule has 0 unspecified atom stereocenters. The van der Waals surface area contributed by atoms with Crippen molar-refractivity contribution in [3.8, 4) is 0 Å². The first-order valence-electron chi connectivity index (χ1n) is 8.06. The van der Waals surface area contributed by atoms with Gasteiger partial charge in [-0.25, -0.2) is 0 Å². The fourth-order valence-electron chi connectivity index (χ4n) is 2.27. The van der Waals surface area contributed by atoms with Gasteiger partial charge in [0.2, 0.25) is 5.01 Å². The number of aryl methyl sites for hydroxylation is 2. The van der Waals surface area contributed by atoms with Crippen LogP contribution in [0.1, 0.15) is 36.3 Å². The highest BCUT2D eigenvalue weighted by atomic mass is 32.1. The van der Waals surface area contributed by atoms with Crippen molar-refractivity contribution in [3.05, 3.63) is 75.2 Å². The van der Waals surface area contributed by atoms with Crippen molar-refractivity contribution in [2.75, 3.05) is 5.32 Å². The Morgan fingerprint density at radius 3 is 2.23 bits per heavy atom. The molecule has 3 rings (SSSR count). The molecule has 0 fully saturated rings. The molecule has 0 bridgehead atoms. The van der Waals surface area contributed by atoms with E-state index in [0.717, 1.165) is 10.6 Å². The molecule has 2 aromatic carbocycles. The zero-order chi connectivity index (χ0) is 18.5. The number of amides is 2. The Kier molecular flexibility index (Phi) is 5.38. The lowest BCUT2D eigenvalue weighted by molar-refractivity contribution is 0.0950. The van der Waals surface area contributed by atoms with Gasteiger partial charge >= 0.3 is 0 Å². The van der Waals surface area contributed by atoms with E-state index in [1.807, 2.05) is 31.2 Å². The predicted octanol–water partition coefficient (Wildman–Crippen LogP) is 3.34. The maximum atomic E-state index is 12.2. The predicted molar refractivity (Wildman–Crippen MR) is 101 cm³/mol. The minimum Gasteiger partial charge on any atom is -0.348 e. The number of carbonyl (C=O) groups is 2. The van der Waals surface area contributed by atoms with Crippen LogP contribution in [0.15, 0.2) is 48.5 Å². The van der Waals surface area contributed by atoms with Gasteiger partial charge in [0.25, 0.3) is 11.8 Å². The summed E-state index contributed by atoms with van der Waals surface area (Å²) < 4.78 is 0. The molecule has 1 heterocycles. The Balaban J connectivity index is 1.57. The van der Waals surface area contributed by atoms with Crippen LogP contribution in [0, 0.1) is 13.8 Å². The standard InChI is InChI=1S/C19H18N4O2S/c1-12-3-5-14(6-4-12)11-20-17(24)15-7-9-16(10-8-15)21-18(25)19-23-22-13(2)26-19/h3-10H,11H2,1-2H3,(H,20,24)(H,21,25). The number of nitrogens with one attached hydrogen (secondary N) is 2. The molecule has 3 aromatic rings. The van der Waals surface area contributed by atoms with Crippen LogP contribution in [-0.4, -0.2) is 22.0 Å². The van der Waals surface area contributed by atoms with Crippen molar-refractivity contribution in [3.63, 3.8) is 0 Å². The van der Waals surface area contributed by atoms with Gasteiger partial charge in [0, 0.05) is 17.8 Å². The number of anilines is 1. The van der Waals surface area contributed by atoms with Crippen LogP contribution in [0.2, 0.25) is 0 Å². The van der Waals surface area contributed by atoms with E-state index < -0.39 is 0 Å². The van der Waals surface area contributed by atoms with Crippen molar-refractivity contribution in [2.24, 2.45) is 0 Å². The van der Waals surface area contributed by atoms with E-state index in [1.165, 1.54) is 16.9 Å². The fraction of sp³-hybridized carbons (Fsp3) is 0.158. The van der Waals surface area contributed by atoms with E-state index in [2.05, 4.69) is 20.8 Å². The normalized spacial score (nSPS) is 10.4. The Morgan fingerprint density at radius 2 is 1.62 bits per heavy atom. The molecule has 7 heteroatoms. The van der Waals surface area contributed by atoms with Crippen molar-refractivity contribution in [2.45, 2.75) is 20.4 Å². The Hall–Kier alpha value is -3.06. The number of nitrogens with zero attached hydrogens (tertiary/aromatic N) is 2. The average Bonchev–Trinajstić information content (AvgIpc) is 3.08. The Bertz CT molecular complexity index is 917. The third-order valence-corrected chi connectivity index (χ3v) is 4.54. The van der Waals surface area contributed by atoms with Gasteiger partial charge in [-0.1, -0.05) is 41.2 Å². The maximum Gasteiger partial charge on any atom is 0.286 e. The molecule has 0 radical (unpaired) electrons. The monoisotopic (exact) mass is 366 g/mol. The van der Waals surface area contributed by atoms with Crippen LogP contribution >= 0.6 is 11.3 Å². The van der Waals surface area contributed by atoms with Gasteiger partial charge in [0.1, 0.15) is 5.01 Å². The summed E-state index contributed by atoms with van der Waals surface area (Å²) in [4.78, 5) is 24.3. The quantitative estimate of drug-likeness (QED) is 0.725. The van der Waals surface area contributed by atoms with Crippen LogP contribution < -0.4 is 10.6 Å². The van der Waals surface area contributed by atoms with Crippen LogP contribution in [0.3, 0.4) is 0 Å². The third kappa shape index (κ3) is 4.52. The lowest BCUT2D eigenvalue weighted by Gasteiger charge is -2.07. The van der Waals surface area contributed by atoms with Gasteiger partial charge in [-0.3, -0.25) is 9.59 Å². The number of hydrogen-bond donors (Lipinski definition) is 2. The topological polar surface area (TPSA) is 84.0 Å². The zero-order valence-corrected chi connectivity index (χ0v) is 15.3. The summed E-state index contributed by atoms with van der Waals surface area (Å²) in [6.45, 7) is 4.28. The fourth-order valence-corrected chi connectivity index (χ4v) is 2.85. The van der Waals surface area contributed by atoms with Crippen LogP contribution in [0.25, 0.3) is 0 Å². The molecule has 132 valence electrons. The molecule has 2 N–H and O–H groups in total. The second-order valence-corrected chi connectivity index (χ2v) is 7.01. The molecule has 26 heavy (non-hydrogen) atoms. The molecular weight excluding hydrogens is 348 g/mol. The van der Waals surface area contributed by atoms with E-state index in [0.29, 0.717) is 22.8 Å². The van der Waals surface area contributed by atoms with Crippen LogP contribution in [0.4, 0.5) is 5.69 Å². The molecule has 0 aliphatic rings. The Labute approximate surface area is 155 Å². The van der Waals surface area contributed by atoms with Gasteiger partial charge in [-0.2, -0.15) is 0 Å². The second kappa shape index (κ2) is 7.88. The van der Waals surface area contributed by atoms with Gasteiger partial charge < -0.3 is 10.6 Å². The smallest absolute Gasteiger partial charge is 0.286 e. The van der Waals surface area contributed by atoms with Crippen LogP contribution in [0.5, 0.6) is 0 Å². The largest absolute Gasteiger partial charge is 0.348 e. The molecule has 2 amide bonds. The first-order chi connectivity index (χ1) is 12.5. The van der Waals surface area contributed by atoms with E-state index >= 15 is 0 Å². The van der Waals surface area contributed by atoms with E-state index in [9.17, 15) is 9.59 Å². The Morgan fingerprint density at radius 1 is 0.923 bits per heavy atom. The van der Waals surface area contributed by atoms with Crippen molar-refractivity contribution >= 4 is 28.8 Å². The molecule has 0 saturated heterocycles. The summed E-state index contributed by atoms with van der Waals surface area (Å²) >= 11 is 1.23. The molecule has 0 spiro atoms. The molecule has 0 saturated carbocycles. The first kappa shape index (κ1) is 17.8. The third-order valence-electron chi connectivity index (χ3n) is 3.70. The molecule has 1 aromatic heterocycles. The minimum atomic E-state index is -0.313. The highest BCUT2D eigenvalue weighted by Crippen LogP contribution is 2.14. The van der Waals surface area contributed by atoms with Crippen molar-refractivity contribution in [1.82, 2.24) is 15.5 Å². The summed E-state index contributed by atoms with van der Waals surface area (Å²) in [6, 6.07) is 14.7. The number of aromatic nitrogens is 2. The summed E-state index contributed by atoms with van der Waals surface area (Å²) in [7, 11) is 0. The molecule has 6 nitrogen and oxygen atoms in total. The van der Waals surface area contributed by atoms with Crippen molar-refractivity contribution < 1.29 is 9.59 Å². The molecule has 0 aliphatic heterocycles.